The molecule has 0 amide bonds. The summed E-state index contributed by atoms with van der Waals surface area (Å²) in [6.45, 7) is 10.4. The highest BCUT2D eigenvalue weighted by atomic mass is 16.5. The largest absolute Gasteiger partial charge is 0.379 e. The Morgan fingerprint density at radius 1 is 1.14 bits per heavy atom. The predicted octanol–water partition coefficient (Wildman–Crippen LogP) is 1.71. The van der Waals surface area contributed by atoms with Crippen molar-refractivity contribution in [1.82, 2.24) is 25.3 Å². The Morgan fingerprint density at radius 3 is 2.57 bits per heavy atom. The number of benzene rings is 1. The van der Waals surface area contributed by atoms with E-state index in [0.717, 1.165) is 51.9 Å². The molecule has 2 heterocycles. The second-order valence-electron chi connectivity index (χ2n) is 7.66. The molecule has 1 saturated heterocycles. The van der Waals surface area contributed by atoms with Crippen molar-refractivity contribution in [2.45, 2.75) is 32.5 Å². The number of hydrogen-bond acceptors (Lipinski definition) is 4. The van der Waals surface area contributed by atoms with Crippen LogP contribution >= 0.6 is 0 Å². The standard InChI is InChI=1S/C21H32N6O/c1-21(2,26-11-13-28-14-12-26)17-24-20(22-3)23-15-18-7-4-5-8-19(18)16-27-10-6-9-25-27/h4-10H,11-17H2,1-3H3,(H2,22,23,24). The van der Waals surface area contributed by atoms with Crippen molar-refractivity contribution in [3.05, 3.63) is 53.9 Å². The van der Waals surface area contributed by atoms with Crippen LogP contribution in [-0.2, 0) is 17.8 Å². The van der Waals surface area contributed by atoms with E-state index in [-0.39, 0.29) is 5.54 Å². The summed E-state index contributed by atoms with van der Waals surface area (Å²) in [6, 6.07) is 10.4. The van der Waals surface area contributed by atoms with E-state index >= 15 is 0 Å². The maximum Gasteiger partial charge on any atom is 0.191 e. The van der Waals surface area contributed by atoms with Crippen molar-refractivity contribution in [3.63, 3.8) is 0 Å². The fraction of sp³-hybridized carbons (Fsp3) is 0.524. The number of nitrogens with zero attached hydrogens (tertiary/aromatic N) is 4. The minimum Gasteiger partial charge on any atom is -0.379 e. The molecule has 0 unspecified atom stereocenters. The molecular formula is C21H32N6O. The molecule has 0 spiro atoms. The molecule has 152 valence electrons. The molecular weight excluding hydrogens is 352 g/mol. The monoisotopic (exact) mass is 384 g/mol. The molecule has 28 heavy (non-hydrogen) atoms. The van der Waals surface area contributed by atoms with E-state index in [4.69, 9.17) is 4.74 Å². The highest BCUT2D eigenvalue weighted by Gasteiger charge is 2.28. The predicted molar refractivity (Wildman–Crippen MR) is 112 cm³/mol. The normalized spacial score (nSPS) is 16.2. The lowest BCUT2D eigenvalue weighted by molar-refractivity contribution is -0.00834. The second kappa shape index (κ2) is 9.71. The number of aliphatic imine (C=N–C) groups is 1. The summed E-state index contributed by atoms with van der Waals surface area (Å²) in [4.78, 5) is 6.86. The third kappa shape index (κ3) is 5.56. The second-order valence-corrected chi connectivity index (χ2v) is 7.66. The van der Waals surface area contributed by atoms with E-state index in [1.807, 2.05) is 30.2 Å². The molecule has 1 aromatic heterocycles. The van der Waals surface area contributed by atoms with Gasteiger partial charge in [-0.05, 0) is 31.0 Å². The third-order valence-corrected chi connectivity index (χ3v) is 5.24. The Morgan fingerprint density at radius 2 is 1.89 bits per heavy atom. The molecule has 2 N–H and O–H groups in total. The quantitative estimate of drug-likeness (QED) is 0.562. The van der Waals surface area contributed by atoms with Crippen molar-refractivity contribution in [2.75, 3.05) is 39.9 Å². The highest BCUT2D eigenvalue weighted by molar-refractivity contribution is 5.79. The van der Waals surface area contributed by atoms with Crippen molar-refractivity contribution < 1.29 is 4.74 Å². The number of rotatable bonds is 7. The lowest BCUT2D eigenvalue weighted by atomic mass is 10.0. The third-order valence-electron chi connectivity index (χ3n) is 5.24. The van der Waals surface area contributed by atoms with Crippen LogP contribution in [0.2, 0.25) is 0 Å². The van der Waals surface area contributed by atoms with Gasteiger partial charge in [0.1, 0.15) is 0 Å². The summed E-state index contributed by atoms with van der Waals surface area (Å²) in [5, 5.41) is 11.2. The van der Waals surface area contributed by atoms with E-state index in [1.165, 1.54) is 11.1 Å². The molecule has 0 radical (unpaired) electrons. The Balaban J connectivity index is 1.54. The van der Waals surface area contributed by atoms with Gasteiger partial charge in [0.25, 0.3) is 0 Å². The Hall–Kier alpha value is -2.38. The van der Waals surface area contributed by atoms with Crippen LogP contribution < -0.4 is 10.6 Å². The zero-order valence-electron chi connectivity index (χ0n) is 17.2. The number of ether oxygens (including phenoxy) is 1. The van der Waals surface area contributed by atoms with Crippen molar-refractivity contribution in [3.8, 4) is 0 Å². The summed E-state index contributed by atoms with van der Waals surface area (Å²) >= 11 is 0. The molecule has 1 aliphatic heterocycles. The van der Waals surface area contributed by atoms with Crippen LogP contribution in [0.5, 0.6) is 0 Å². The van der Waals surface area contributed by atoms with Gasteiger partial charge >= 0.3 is 0 Å². The van der Waals surface area contributed by atoms with Gasteiger partial charge < -0.3 is 15.4 Å². The first-order valence-corrected chi connectivity index (χ1v) is 9.90. The molecule has 7 heteroatoms. The summed E-state index contributed by atoms with van der Waals surface area (Å²) < 4.78 is 7.41. The molecule has 0 saturated carbocycles. The number of aromatic nitrogens is 2. The van der Waals surface area contributed by atoms with Crippen molar-refractivity contribution in [2.24, 2.45) is 4.99 Å². The molecule has 0 atom stereocenters. The molecule has 0 bridgehead atoms. The van der Waals surface area contributed by atoms with Gasteiger partial charge in [-0.3, -0.25) is 14.6 Å². The van der Waals surface area contributed by atoms with E-state index in [0.29, 0.717) is 0 Å². The average Bonchev–Trinajstić information content (AvgIpc) is 3.23. The minimum absolute atomic E-state index is 0.0411. The van der Waals surface area contributed by atoms with Crippen LogP contribution in [-0.4, -0.2) is 66.1 Å². The summed E-state index contributed by atoms with van der Waals surface area (Å²) in [5.74, 6) is 0.815. The van der Waals surface area contributed by atoms with Gasteiger partial charge in [-0.25, -0.2) is 0 Å². The smallest absolute Gasteiger partial charge is 0.191 e. The fourth-order valence-electron chi connectivity index (χ4n) is 3.43. The van der Waals surface area contributed by atoms with Crippen molar-refractivity contribution in [1.29, 1.82) is 0 Å². The number of nitrogens with one attached hydrogen (secondary N) is 2. The first-order chi connectivity index (χ1) is 13.6. The zero-order valence-corrected chi connectivity index (χ0v) is 17.2. The van der Waals surface area contributed by atoms with E-state index in [9.17, 15) is 0 Å². The lowest BCUT2D eigenvalue weighted by Crippen LogP contribution is -2.56. The van der Waals surface area contributed by atoms with Gasteiger partial charge in [-0.2, -0.15) is 5.10 Å². The van der Waals surface area contributed by atoms with Gasteiger partial charge in [-0.15, -0.1) is 0 Å². The number of morpholine rings is 1. The average molecular weight is 385 g/mol. The van der Waals surface area contributed by atoms with Crippen LogP contribution in [0.1, 0.15) is 25.0 Å². The lowest BCUT2D eigenvalue weighted by Gasteiger charge is -2.41. The van der Waals surface area contributed by atoms with E-state index in [1.54, 1.807) is 0 Å². The summed E-state index contributed by atoms with van der Waals surface area (Å²) in [7, 11) is 1.81. The van der Waals surface area contributed by atoms with Crippen LogP contribution in [0.3, 0.4) is 0 Å². The van der Waals surface area contributed by atoms with Crippen LogP contribution in [0, 0.1) is 0 Å². The molecule has 3 rings (SSSR count). The summed E-state index contributed by atoms with van der Waals surface area (Å²) in [6.07, 6.45) is 3.79. The molecule has 7 nitrogen and oxygen atoms in total. The van der Waals surface area contributed by atoms with Gasteiger partial charge in [0, 0.05) is 51.2 Å². The highest BCUT2D eigenvalue weighted by Crippen LogP contribution is 2.15. The molecule has 1 aromatic carbocycles. The van der Waals surface area contributed by atoms with Crippen molar-refractivity contribution >= 4 is 5.96 Å². The number of guanidine groups is 1. The Kier molecular flexibility index (Phi) is 7.06. The van der Waals surface area contributed by atoms with Crippen LogP contribution in [0.15, 0.2) is 47.7 Å². The maximum atomic E-state index is 5.47. The first-order valence-electron chi connectivity index (χ1n) is 9.90. The molecule has 1 fully saturated rings. The van der Waals surface area contributed by atoms with E-state index in [2.05, 4.69) is 63.7 Å². The topological polar surface area (TPSA) is 66.7 Å². The molecule has 2 aromatic rings. The van der Waals surface area contributed by atoms with Gasteiger partial charge in [0.05, 0.1) is 19.8 Å². The SMILES string of the molecule is CN=C(NCc1ccccc1Cn1cccn1)NCC(C)(C)N1CCOCC1. The molecule has 1 aliphatic rings. The van der Waals surface area contributed by atoms with Crippen LogP contribution in [0.4, 0.5) is 0 Å². The van der Waals surface area contributed by atoms with Crippen LogP contribution in [0.25, 0.3) is 0 Å². The Bertz CT molecular complexity index is 750. The fourth-order valence-corrected chi connectivity index (χ4v) is 3.43. The maximum absolute atomic E-state index is 5.47. The van der Waals surface area contributed by atoms with E-state index < -0.39 is 0 Å². The summed E-state index contributed by atoms with van der Waals surface area (Å²) in [5.41, 5.74) is 2.54. The Labute approximate surface area is 167 Å². The molecule has 0 aliphatic carbocycles. The van der Waals surface area contributed by atoms with Gasteiger partial charge in [0.2, 0.25) is 0 Å². The van der Waals surface area contributed by atoms with Gasteiger partial charge in [-0.1, -0.05) is 24.3 Å². The van der Waals surface area contributed by atoms with Gasteiger partial charge in [0.15, 0.2) is 5.96 Å². The minimum atomic E-state index is 0.0411. The zero-order chi connectivity index (χ0) is 19.8. The first kappa shape index (κ1) is 20.4. The number of hydrogen-bond donors (Lipinski definition) is 2.